The Morgan fingerprint density at radius 1 is 1.06 bits per heavy atom. The van der Waals surface area contributed by atoms with Crippen molar-refractivity contribution in [3.63, 3.8) is 0 Å². The van der Waals surface area contributed by atoms with Crippen LogP contribution in [0.1, 0.15) is 60.5 Å². The van der Waals surface area contributed by atoms with Gasteiger partial charge in [0, 0.05) is 27.7 Å². The molecule has 0 saturated heterocycles. The average Bonchev–Trinajstić information content (AvgIpc) is 3.37. The van der Waals surface area contributed by atoms with E-state index in [0.29, 0.717) is 23.5 Å². The van der Waals surface area contributed by atoms with Crippen LogP contribution in [-0.4, -0.2) is 23.0 Å². The second-order valence-corrected chi connectivity index (χ2v) is 9.65. The lowest BCUT2D eigenvalue weighted by atomic mass is 9.91. The van der Waals surface area contributed by atoms with Gasteiger partial charge in [-0.3, -0.25) is 9.59 Å². The van der Waals surface area contributed by atoms with Gasteiger partial charge in [-0.2, -0.15) is 0 Å². The lowest BCUT2D eigenvalue weighted by molar-refractivity contribution is 0.0939. The number of amides is 2. The maximum atomic E-state index is 13.2. The second-order valence-electron chi connectivity index (χ2n) is 8.45. The Morgan fingerprint density at radius 3 is 2.69 bits per heavy atom. The van der Waals surface area contributed by atoms with Crippen LogP contribution in [0.15, 0.2) is 84.0 Å². The number of nitrogens with zero attached hydrogens (tertiary/aromatic N) is 2. The molecule has 2 aromatic carbocycles. The van der Waals surface area contributed by atoms with Gasteiger partial charge in [-0.15, -0.1) is 11.3 Å². The van der Waals surface area contributed by atoms with E-state index in [1.165, 1.54) is 12.1 Å². The molecule has 8 heteroatoms. The van der Waals surface area contributed by atoms with Crippen molar-refractivity contribution in [3.8, 4) is 0 Å². The lowest BCUT2D eigenvalue weighted by Gasteiger charge is -2.17. The van der Waals surface area contributed by atoms with E-state index in [1.54, 1.807) is 48.0 Å². The van der Waals surface area contributed by atoms with Crippen LogP contribution in [0.25, 0.3) is 0 Å². The van der Waals surface area contributed by atoms with Gasteiger partial charge in [-0.1, -0.05) is 30.3 Å². The molecule has 1 unspecified atom stereocenters. The highest BCUT2D eigenvalue weighted by Gasteiger charge is 2.24. The molecular weight excluding hydrogens is 475 g/mol. The number of thiophene rings is 1. The number of fused-ring (bicyclic) bond motifs is 1. The molecule has 2 N–H and O–H groups in total. The highest BCUT2D eigenvalue weighted by atomic mass is 32.1. The Labute approximate surface area is 211 Å². The molecule has 6 nitrogen and oxygen atoms in total. The van der Waals surface area contributed by atoms with Gasteiger partial charge in [0.05, 0.1) is 24.1 Å². The molecule has 0 radical (unpaired) electrons. The summed E-state index contributed by atoms with van der Waals surface area (Å²) in [6, 6.07) is 20.8. The summed E-state index contributed by atoms with van der Waals surface area (Å²) in [7, 11) is 0. The zero-order valence-electron chi connectivity index (χ0n) is 19.4. The predicted octanol–water partition coefficient (Wildman–Crippen LogP) is 5.74. The Hall–Kier alpha value is -4.17. The number of carbonyl (C=O) groups excluding carboxylic acids is 2. The van der Waals surface area contributed by atoms with Gasteiger partial charge in [-0.05, 0) is 60.5 Å². The topological polar surface area (TPSA) is 83.4 Å². The van der Waals surface area contributed by atoms with Crippen molar-refractivity contribution in [2.24, 2.45) is 4.99 Å². The van der Waals surface area contributed by atoms with E-state index < -0.39 is 0 Å². The lowest BCUT2D eigenvalue weighted by Crippen LogP contribution is -2.27. The van der Waals surface area contributed by atoms with Crippen LogP contribution >= 0.6 is 11.3 Å². The van der Waals surface area contributed by atoms with Crippen LogP contribution in [0.2, 0.25) is 0 Å². The van der Waals surface area contributed by atoms with Gasteiger partial charge in [0.25, 0.3) is 11.8 Å². The number of hydrogen-bond acceptors (Lipinski definition) is 5. The molecule has 3 heterocycles. The van der Waals surface area contributed by atoms with Crippen molar-refractivity contribution in [1.29, 1.82) is 0 Å². The van der Waals surface area contributed by atoms with E-state index >= 15 is 0 Å². The summed E-state index contributed by atoms with van der Waals surface area (Å²) in [5, 5.41) is 6.22. The number of anilines is 1. The fourth-order valence-corrected chi connectivity index (χ4v) is 5.18. The Morgan fingerprint density at radius 2 is 1.86 bits per heavy atom. The minimum atomic E-state index is -0.318. The number of benzene rings is 2. The first-order valence-corrected chi connectivity index (χ1v) is 12.3. The zero-order chi connectivity index (χ0) is 25.1. The van der Waals surface area contributed by atoms with E-state index in [0.717, 1.165) is 20.9 Å². The number of hydrogen-bond donors (Lipinski definition) is 2. The Bertz CT molecular complexity index is 1450. The molecule has 0 saturated carbocycles. The van der Waals surface area contributed by atoms with Crippen LogP contribution in [0.5, 0.6) is 0 Å². The highest BCUT2D eigenvalue weighted by molar-refractivity contribution is 7.12. The predicted molar refractivity (Wildman–Crippen MR) is 139 cm³/mol. The summed E-state index contributed by atoms with van der Waals surface area (Å²) in [5.41, 5.74) is 2.83. The number of halogens is 1. The summed E-state index contributed by atoms with van der Waals surface area (Å²) in [5.74, 6) is -0.390. The standard InChI is InChI=1S/C28H23FN4O2S/c1-17(18-8-10-19(29)11-9-18)33-28(35)23-7-4-14-30-26(23)31-15-20-12-13-25(36-20)24-16-32-27(34)22-6-3-2-5-21(22)24/h2-14,16-17,24H,15H2,1H3,(H,30,31)(H,33,35)/t17-,24?/m0/s1. The first kappa shape index (κ1) is 23.6. The maximum absolute atomic E-state index is 13.2. The number of pyridine rings is 1. The summed E-state index contributed by atoms with van der Waals surface area (Å²) < 4.78 is 13.2. The normalized spacial score (nSPS) is 15.3. The summed E-state index contributed by atoms with van der Waals surface area (Å²) >= 11 is 1.62. The molecule has 0 bridgehead atoms. The van der Waals surface area contributed by atoms with E-state index in [-0.39, 0.29) is 29.6 Å². The Kier molecular flexibility index (Phi) is 6.69. The van der Waals surface area contributed by atoms with Crippen molar-refractivity contribution < 1.29 is 14.0 Å². The molecule has 0 spiro atoms. The summed E-state index contributed by atoms with van der Waals surface area (Å²) in [4.78, 5) is 35.7. The monoisotopic (exact) mass is 498 g/mol. The number of nitrogens with one attached hydrogen (secondary N) is 2. The average molecular weight is 499 g/mol. The van der Waals surface area contributed by atoms with Gasteiger partial charge < -0.3 is 10.6 Å². The number of rotatable bonds is 7. The van der Waals surface area contributed by atoms with E-state index in [4.69, 9.17) is 0 Å². The third-order valence-corrected chi connectivity index (χ3v) is 7.22. The quantitative estimate of drug-likeness (QED) is 0.340. The van der Waals surface area contributed by atoms with Gasteiger partial charge in [0.15, 0.2) is 0 Å². The van der Waals surface area contributed by atoms with Crippen molar-refractivity contribution in [2.75, 3.05) is 5.32 Å². The fraction of sp³-hybridized carbons (Fsp3) is 0.143. The minimum absolute atomic E-state index is 0.0678. The molecular formula is C28H23FN4O2S. The third-order valence-electron chi connectivity index (χ3n) is 6.06. The van der Waals surface area contributed by atoms with Crippen LogP contribution in [-0.2, 0) is 6.54 Å². The molecule has 5 rings (SSSR count). The SMILES string of the molecule is C[C@H](NC(=O)c1cccnc1NCc1ccc(C2C=NC(=O)c3ccccc32)s1)c1ccc(F)cc1. The van der Waals surface area contributed by atoms with Crippen molar-refractivity contribution in [3.05, 3.63) is 117 Å². The van der Waals surface area contributed by atoms with Crippen LogP contribution < -0.4 is 10.6 Å². The van der Waals surface area contributed by atoms with Crippen LogP contribution in [0.4, 0.5) is 10.2 Å². The molecule has 1 aliphatic rings. The largest absolute Gasteiger partial charge is 0.365 e. The minimum Gasteiger partial charge on any atom is -0.365 e. The second kappa shape index (κ2) is 10.2. The zero-order valence-corrected chi connectivity index (χ0v) is 20.3. The van der Waals surface area contributed by atoms with Crippen LogP contribution in [0.3, 0.4) is 0 Å². The number of aliphatic imine (C=N–C) groups is 1. The first-order chi connectivity index (χ1) is 17.5. The summed E-state index contributed by atoms with van der Waals surface area (Å²) in [6.07, 6.45) is 3.34. The molecule has 180 valence electrons. The molecule has 0 fully saturated rings. The third kappa shape index (κ3) is 4.94. The molecule has 4 aromatic rings. The van der Waals surface area contributed by atoms with Gasteiger partial charge in [-0.25, -0.2) is 14.4 Å². The van der Waals surface area contributed by atoms with E-state index in [1.807, 2.05) is 43.3 Å². The molecule has 0 aliphatic carbocycles. The molecule has 2 atom stereocenters. The van der Waals surface area contributed by atoms with Crippen molar-refractivity contribution in [2.45, 2.75) is 25.4 Å². The van der Waals surface area contributed by atoms with Crippen LogP contribution in [0, 0.1) is 5.82 Å². The van der Waals surface area contributed by atoms with E-state index in [9.17, 15) is 14.0 Å². The van der Waals surface area contributed by atoms with Gasteiger partial charge in [0.1, 0.15) is 11.6 Å². The number of carbonyl (C=O) groups is 2. The fourth-order valence-electron chi connectivity index (χ4n) is 4.15. The highest BCUT2D eigenvalue weighted by Crippen LogP contribution is 2.34. The molecule has 2 amide bonds. The summed E-state index contributed by atoms with van der Waals surface area (Å²) in [6.45, 7) is 2.34. The smallest absolute Gasteiger partial charge is 0.276 e. The first-order valence-electron chi connectivity index (χ1n) is 11.5. The van der Waals surface area contributed by atoms with Gasteiger partial charge in [0.2, 0.25) is 0 Å². The van der Waals surface area contributed by atoms with E-state index in [2.05, 4.69) is 20.6 Å². The number of aromatic nitrogens is 1. The maximum Gasteiger partial charge on any atom is 0.276 e. The molecule has 36 heavy (non-hydrogen) atoms. The van der Waals surface area contributed by atoms with Crippen molar-refractivity contribution >= 4 is 35.2 Å². The van der Waals surface area contributed by atoms with Gasteiger partial charge >= 0.3 is 0 Å². The molecule has 1 aliphatic heterocycles. The Balaban J connectivity index is 1.27. The molecule has 2 aromatic heterocycles. The van der Waals surface area contributed by atoms with Crippen molar-refractivity contribution in [1.82, 2.24) is 10.3 Å².